The number of nitrogens with one attached hydrogen (secondary N) is 1. The Morgan fingerprint density at radius 3 is 2.68 bits per heavy atom. The number of rotatable bonds is 4. The van der Waals surface area contributed by atoms with Crippen molar-refractivity contribution in [2.24, 2.45) is 5.92 Å². The van der Waals surface area contributed by atoms with E-state index in [9.17, 15) is 18.4 Å². The number of hydrogen-bond acceptors (Lipinski definition) is 6. The van der Waals surface area contributed by atoms with Gasteiger partial charge in [0, 0.05) is 30.9 Å². The van der Waals surface area contributed by atoms with Crippen molar-refractivity contribution in [3.63, 3.8) is 0 Å². The summed E-state index contributed by atoms with van der Waals surface area (Å²) in [6.45, 7) is 0.0272. The minimum absolute atomic E-state index is 0.0272. The van der Waals surface area contributed by atoms with E-state index < -0.39 is 23.5 Å². The Kier molecular flexibility index (Phi) is 4.78. The predicted octanol–water partition coefficient (Wildman–Crippen LogP) is 2.87. The standard InChI is InChI=1S/C18H13F2N5O2S/c19-11-6-12(20)8-13(7-11)25-9-10(5-15(25)26)16(27)22-18-24-23-17(28-18)14-3-1-2-4-21-14/h1-4,6-8,10H,5,9H2,(H,22,24,27). The SMILES string of the molecule is O=C(Nc1nnc(-c2ccccn2)s1)C1CC(=O)N(c2cc(F)cc(F)c2)C1. The van der Waals surface area contributed by atoms with Gasteiger partial charge in [-0.15, -0.1) is 10.2 Å². The Hall–Kier alpha value is -3.27. The van der Waals surface area contributed by atoms with Gasteiger partial charge in [0.2, 0.25) is 16.9 Å². The molecule has 142 valence electrons. The van der Waals surface area contributed by atoms with Crippen LogP contribution in [-0.4, -0.2) is 33.5 Å². The summed E-state index contributed by atoms with van der Waals surface area (Å²) < 4.78 is 26.8. The first-order valence-electron chi connectivity index (χ1n) is 8.32. The van der Waals surface area contributed by atoms with E-state index >= 15 is 0 Å². The number of carbonyl (C=O) groups excluding carboxylic acids is 2. The molecule has 0 radical (unpaired) electrons. The highest BCUT2D eigenvalue weighted by molar-refractivity contribution is 7.18. The van der Waals surface area contributed by atoms with Crippen LogP contribution in [0.15, 0.2) is 42.6 Å². The van der Waals surface area contributed by atoms with E-state index in [1.54, 1.807) is 18.3 Å². The molecule has 4 rings (SSSR count). The Morgan fingerprint density at radius 2 is 1.96 bits per heavy atom. The maximum absolute atomic E-state index is 13.4. The molecule has 2 aromatic heterocycles. The Bertz CT molecular complexity index is 1020. The first-order valence-corrected chi connectivity index (χ1v) is 9.13. The number of hydrogen-bond donors (Lipinski definition) is 1. The normalized spacial score (nSPS) is 16.4. The van der Waals surface area contributed by atoms with Crippen LogP contribution >= 0.6 is 11.3 Å². The smallest absolute Gasteiger partial charge is 0.231 e. The van der Waals surface area contributed by atoms with Crippen LogP contribution in [0.5, 0.6) is 0 Å². The van der Waals surface area contributed by atoms with Crippen molar-refractivity contribution in [1.82, 2.24) is 15.2 Å². The highest BCUT2D eigenvalue weighted by Crippen LogP contribution is 2.29. The molecule has 1 unspecified atom stereocenters. The van der Waals surface area contributed by atoms with Crippen LogP contribution in [0.1, 0.15) is 6.42 Å². The highest BCUT2D eigenvalue weighted by atomic mass is 32.1. The van der Waals surface area contributed by atoms with E-state index in [0.717, 1.165) is 29.5 Å². The van der Waals surface area contributed by atoms with Crippen molar-refractivity contribution in [3.05, 3.63) is 54.2 Å². The molecule has 1 aromatic carbocycles. The molecule has 7 nitrogen and oxygen atoms in total. The lowest BCUT2D eigenvalue weighted by Crippen LogP contribution is -2.28. The van der Waals surface area contributed by atoms with Crippen LogP contribution in [0.25, 0.3) is 10.7 Å². The zero-order chi connectivity index (χ0) is 19.7. The second kappa shape index (κ2) is 7.39. The quantitative estimate of drug-likeness (QED) is 0.726. The largest absolute Gasteiger partial charge is 0.311 e. The molecule has 3 heterocycles. The molecule has 28 heavy (non-hydrogen) atoms. The number of aromatic nitrogens is 3. The van der Waals surface area contributed by atoms with Gasteiger partial charge in [0.15, 0.2) is 5.01 Å². The lowest BCUT2D eigenvalue weighted by atomic mass is 10.1. The molecule has 1 fully saturated rings. The van der Waals surface area contributed by atoms with E-state index in [4.69, 9.17) is 0 Å². The Balaban J connectivity index is 1.45. The zero-order valence-electron chi connectivity index (χ0n) is 14.3. The van der Waals surface area contributed by atoms with Gasteiger partial charge in [-0.2, -0.15) is 0 Å². The molecule has 0 bridgehead atoms. The fraction of sp³-hybridized carbons (Fsp3) is 0.167. The van der Waals surface area contributed by atoms with Crippen LogP contribution < -0.4 is 10.2 Å². The van der Waals surface area contributed by atoms with E-state index in [1.165, 1.54) is 4.90 Å². The summed E-state index contributed by atoms with van der Waals surface area (Å²) in [5, 5.41) is 11.4. The summed E-state index contributed by atoms with van der Waals surface area (Å²) in [5.41, 5.74) is 0.724. The van der Waals surface area contributed by atoms with Crippen molar-refractivity contribution in [2.75, 3.05) is 16.8 Å². The third-order valence-corrected chi connectivity index (χ3v) is 5.06. The number of carbonyl (C=O) groups is 2. The van der Waals surface area contributed by atoms with Crippen molar-refractivity contribution in [2.45, 2.75) is 6.42 Å². The molecule has 1 aliphatic rings. The molecule has 0 saturated carbocycles. The highest BCUT2D eigenvalue weighted by Gasteiger charge is 2.36. The molecule has 0 spiro atoms. The van der Waals surface area contributed by atoms with Crippen molar-refractivity contribution < 1.29 is 18.4 Å². The second-order valence-electron chi connectivity index (χ2n) is 6.15. The van der Waals surface area contributed by atoms with Gasteiger partial charge < -0.3 is 10.2 Å². The summed E-state index contributed by atoms with van der Waals surface area (Å²) >= 11 is 1.16. The molecule has 2 amide bonds. The monoisotopic (exact) mass is 401 g/mol. The van der Waals surface area contributed by atoms with E-state index in [1.807, 2.05) is 6.07 Å². The molecule has 1 aliphatic heterocycles. The molecular weight excluding hydrogens is 388 g/mol. The number of nitrogens with zero attached hydrogens (tertiary/aromatic N) is 4. The molecule has 1 saturated heterocycles. The summed E-state index contributed by atoms with van der Waals surface area (Å²) in [6, 6.07) is 8.22. The van der Waals surface area contributed by atoms with Gasteiger partial charge in [-0.3, -0.25) is 14.6 Å². The van der Waals surface area contributed by atoms with E-state index in [2.05, 4.69) is 20.5 Å². The van der Waals surface area contributed by atoms with Crippen LogP contribution in [0.4, 0.5) is 19.6 Å². The van der Waals surface area contributed by atoms with Gasteiger partial charge >= 0.3 is 0 Å². The van der Waals surface area contributed by atoms with Crippen molar-refractivity contribution in [1.29, 1.82) is 0 Å². The number of pyridine rings is 1. The topological polar surface area (TPSA) is 88.1 Å². The van der Waals surface area contributed by atoms with Crippen LogP contribution in [-0.2, 0) is 9.59 Å². The average Bonchev–Trinajstić information content (AvgIpc) is 3.28. The van der Waals surface area contributed by atoms with Crippen molar-refractivity contribution in [3.8, 4) is 10.7 Å². The summed E-state index contributed by atoms with van der Waals surface area (Å²) in [5.74, 6) is -3.02. The van der Waals surface area contributed by atoms with Gasteiger partial charge in [-0.1, -0.05) is 17.4 Å². The van der Waals surface area contributed by atoms with Gasteiger partial charge in [-0.25, -0.2) is 8.78 Å². The van der Waals surface area contributed by atoms with Crippen molar-refractivity contribution >= 4 is 34.0 Å². The summed E-state index contributed by atoms with van der Waals surface area (Å²) in [4.78, 5) is 30.1. The maximum atomic E-state index is 13.4. The second-order valence-corrected chi connectivity index (χ2v) is 7.13. The molecule has 1 N–H and O–H groups in total. The lowest BCUT2D eigenvalue weighted by Gasteiger charge is -2.16. The number of anilines is 2. The van der Waals surface area contributed by atoms with Gasteiger partial charge in [-0.05, 0) is 24.3 Å². The fourth-order valence-corrected chi connectivity index (χ4v) is 3.63. The van der Waals surface area contributed by atoms with E-state index in [-0.39, 0.29) is 29.7 Å². The van der Waals surface area contributed by atoms with Crippen LogP contribution in [0.2, 0.25) is 0 Å². The average molecular weight is 401 g/mol. The van der Waals surface area contributed by atoms with Crippen LogP contribution in [0, 0.1) is 17.6 Å². The summed E-state index contributed by atoms with van der Waals surface area (Å²) in [6.07, 6.45) is 1.57. The van der Waals surface area contributed by atoms with Gasteiger partial charge in [0.25, 0.3) is 0 Å². The number of benzene rings is 1. The maximum Gasteiger partial charge on any atom is 0.231 e. The Labute approximate surface area is 162 Å². The predicted molar refractivity (Wildman–Crippen MR) is 98.6 cm³/mol. The van der Waals surface area contributed by atoms with Gasteiger partial charge in [0.05, 0.1) is 5.92 Å². The summed E-state index contributed by atoms with van der Waals surface area (Å²) in [7, 11) is 0. The number of halogens is 2. The fourth-order valence-electron chi connectivity index (χ4n) is 2.90. The lowest BCUT2D eigenvalue weighted by molar-refractivity contribution is -0.122. The van der Waals surface area contributed by atoms with Crippen LogP contribution in [0.3, 0.4) is 0 Å². The molecular formula is C18H13F2N5O2S. The molecule has 3 aromatic rings. The van der Waals surface area contributed by atoms with E-state index in [0.29, 0.717) is 10.7 Å². The third-order valence-electron chi connectivity index (χ3n) is 4.19. The molecule has 0 aliphatic carbocycles. The Morgan fingerprint density at radius 1 is 1.18 bits per heavy atom. The molecule has 1 atom stereocenters. The minimum Gasteiger partial charge on any atom is -0.311 e. The zero-order valence-corrected chi connectivity index (χ0v) is 15.1. The first-order chi connectivity index (χ1) is 13.5. The van der Waals surface area contributed by atoms with Gasteiger partial charge in [0.1, 0.15) is 17.3 Å². The third kappa shape index (κ3) is 3.72. The molecule has 10 heteroatoms. The first kappa shape index (κ1) is 18.1. The minimum atomic E-state index is -0.786. The number of amides is 2.